The molecule has 1 aromatic heterocycles. The number of carbonyl (C=O) groups excluding carboxylic acids is 1. The van der Waals surface area contributed by atoms with Crippen LogP contribution in [0.3, 0.4) is 0 Å². The van der Waals surface area contributed by atoms with E-state index in [0.717, 1.165) is 17.0 Å². The molecule has 5 nitrogen and oxygen atoms in total. The van der Waals surface area contributed by atoms with Gasteiger partial charge in [-0.3, -0.25) is 4.79 Å². The highest BCUT2D eigenvalue weighted by atomic mass is 16.5. The molecule has 3 aromatic rings. The van der Waals surface area contributed by atoms with Crippen LogP contribution in [0.15, 0.2) is 66.9 Å². The quantitative estimate of drug-likeness (QED) is 0.669. The molecule has 1 amide bonds. The van der Waals surface area contributed by atoms with E-state index in [-0.39, 0.29) is 5.91 Å². The zero-order chi connectivity index (χ0) is 19.1. The van der Waals surface area contributed by atoms with Gasteiger partial charge in [-0.05, 0) is 42.3 Å². The van der Waals surface area contributed by atoms with Gasteiger partial charge in [0.05, 0.1) is 19.0 Å². The van der Waals surface area contributed by atoms with Gasteiger partial charge in [0.1, 0.15) is 11.4 Å². The molecule has 0 aliphatic rings. The maximum Gasteiger partial charge on any atom is 0.270 e. The van der Waals surface area contributed by atoms with Crippen molar-refractivity contribution in [3.8, 4) is 5.75 Å². The Balaban J connectivity index is 1.51. The van der Waals surface area contributed by atoms with Crippen LogP contribution in [0, 0.1) is 6.92 Å². The van der Waals surface area contributed by atoms with E-state index in [4.69, 9.17) is 4.74 Å². The summed E-state index contributed by atoms with van der Waals surface area (Å²) in [4.78, 5) is 16.5. The Morgan fingerprint density at radius 3 is 2.22 bits per heavy atom. The van der Waals surface area contributed by atoms with Gasteiger partial charge in [0, 0.05) is 13.1 Å². The largest absolute Gasteiger partial charge is 0.497 e. The lowest BCUT2D eigenvalue weighted by Gasteiger charge is -2.08. The van der Waals surface area contributed by atoms with Crippen molar-refractivity contribution >= 4 is 11.6 Å². The molecule has 0 fully saturated rings. The highest BCUT2D eigenvalue weighted by Gasteiger charge is 2.07. The van der Waals surface area contributed by atoms with E-state index in [0.29, 0.717) is 18.8 Å². The minimum Gasteiger partial charge on any atom is -0.497 e. The summed E-state index contributed by atoms with van der Waals surface area (Å²) in [7, 11) is 1.63. The van der Waals surface area contributed by atoms with Gasteiger partial charge >= 0.3 is 0 Å². The number of nitrogens with one attached hydrogen (secondary N) is 2. The fourth-order valence-electron chi connectivity index (χ4n) is 2.56. The Kier molecular flexibility index (Phi) is 6.05. The van der Waals surface area contributed by atoms with Crippen molar-refractivity contribution in [3.05, 3.63) is 89.2 Å². The zero-order valence-electron chi connectivity index (χ0n) is 15.5. The highest BCUT2D eigenvalue weighted by molar-refractivity contribution is 5.92. The van der Waals surface area contributed by atoms with Crippen LogP contribution in [0.2, 0.25) is 0 Å². The number of methoxy groups -OCH3 is 1. The van der Waals surface area contributed by atoms with E-state index in [1.165, 1.54) is 11.1 Å². The van der Waals surface area contributed by atoms with Crippen molar-refractivity contribution in [2.75, 3.05) is 12.4 Å². The van der Waals surface area contributed by atoms with Crippen molar-refractivity contribution in [1.82, 2.24) is 10.3 Å². The Labute approximate surface area is 159 Å². The van der Waals surface area contributed by atoms with Crippen LogP contribution in [0.5, 0.6) is 5.75 Å². The summed E-state index contributed by atoms with van der Waals surface area (Å²) in [6.45, 7) is 3.22. The Morgan fingerprint density at radius 1 is 0.926 bits per heavy atom. The number of aryl methyl sites for hydroxylation is 1. The molecule has 0 saturated carbocycles. The molecular formula is C22H23N3O2. The third kappa shape index (κ3) is 5.31. The van der Waals surface area contributed by atoms with Gasteiger partial charge in [0.25, 0.3) is 5.91 Å². The van der Waals surface area contributed by atoms with Crippen LogP contribution >= 0.6 is 0 Å². The normalized spacial score (nSPS) is 10.3. The minimum atomic E-state index is -0.198. The summed E-state index contributed by atoms with van der Waals surface area (Å²) < 4.78 is 5.13. The number of hydrogen-bond acceptors (Lipinski definition) is 4. The molecule has 0 saturated heterocycles. The standard InChI is InChI=1S/C22H23N3O2/c1-16-3-5-17(6-4-16)13-23-19-9-12-21(24-15-19)22(26)25-14-18-7-10-20(27-2)11-8-18/h3-12,15,23H,13-14H2,1-2H3,(H,25,26). The summed E-state index contributed by atoms with van der Waals surface area (Å²) >= 11 is 0. The van der Waals surface area contributed by atoms with Crippen LogP contribution in [0.4, 0.5) is 5.69 Å². The molecular weight excluding hydrogens is 338 g/mol. The zero-order valence-corrected chi connectivity index (χ0v) is 15.5. The second kappa shape index (κ2) is 8.85. The number of rotatable bonds is 7. The first-order valence-electron chi connectivity index (χ1n) is 8.80. The van der Waals surface area contributed by atoms with Gasteiger partial charge in [-0.2, -0.15) is 0 Å². The number of ether oxygens (including phenoxy) is 1. The summed E-state index contributed by atoms with van der Waals surface area (Å²) in [5.41, 5.74) is 4.71. The van der Waals surface area contributed by atoms with Crippen LogP contribution in [0.1, 0.15) is 27.2 Å². The highest BCUT2D eigenvalue weighted by Crippen LogP contribution is 2.12. The van der Waals surface area contributed by atoms with E-state index >= 15 is 0 Å². The first-order valence-corrected chi connectivity index (χ1v) is 8.80. The molecule has 0 aliphatic carbocycles. The fraction of sp³-hybridized carbons (Fsp3) is 0.182. The molecule has 0 unspecified atom stereocenters. The van der Waals surface area contributed by atoms with Gasteiger partial charge in [0.15, 0.2) is 0 Å². The lowest BCUT2D eigenvalue weighted by Crippen LogP contribution is -2.23. The molecule has 0 spiro atoms. The van der Waals surface area contributed by atoms with Crippen molar-refractivity contribution in [1.29, 1.82) is 0 Å². The molecule has 0 bridgehead atoms. The molecule has 0 atom stereocenters. The molecule has 2 aromatic carbocycles. The maximum atomic E-state index is 12.2. The number of aromatic nitrogens is 1. The molecule has 0 aliphatic heterocycles. The Bertz CT molecular complexity index is 873. The summed E-state index contributed by atoms with van der Waals surface area (Å²) in [5, 5.41) is 6.18. The maximum absolute atomic E-state index is 12.2. The predicted octanol–water partition coefficient (Wildman–Crippen LogP) is 3.94. The van der Waals surface area contributed by atoms with Crippen molar-refractivity contribution in [2.24, 2.45) is 0 Å². The number of anilines is 1. The monoisotopic (exact) mass is 361 g/mol. The van der Waals surface area contributed by atoms with E-state index in [1.54, 1.807) is 19.4 Å². The van der Waals surface area contributed by atoms with Gasteiger partial charge in [-0.25, -0.2) is 4.98 Å². The molecule has 3 rings (SSSR count). The predicted molar refractivity (Wildman–Crippen MR) is 107 cm³/mol. The number of pyridine rings is 1. The molecule has 5 heteroatoms. The molecule has 1 heterocycles. The SMILES string of the molecule is COc1ccc(CNC(=O)c2ccc(NCc3ccc(C)cc3)cn2)cc1. The fourth-order valence-corrected chi connectivity index (χ4v) is 2.56. The van der Waals surface area contributed by atoms with Crippen LogP contribution in [-0.4, -0.2) is 18.0 Å². The summed E-state index contributed by atoms with van der Waals surface area (Å²) in [5.74, 6) is 0.594. The van der Waals surface area contributed by atoms with Gasteiger partial charge < -0.3 is 15.4 Å². The van der Waals surface area contributed by atoms with Crippen molar-refractivity contribution in [3.63, 3.8) is 0 Å². The van der Waals surface area contributed by atoms with Gasteiger partial charge in [-0.1, -0.05) is 42.0 Å². The van der Waals surface area contributed by atoms with E-state index in [9.17, 15) is 4.79 Å². The van der Waals surface area contributed by atoms with E-state index in [2.05, 4.69) is 46.8 Å². The topological polar surface area (TPSA) is 63.2 Å². The molecule has 2 N–H and O–H groups in total. The lowest BCUT2D eigenvalue weighted by atomic mass is 10.1. The van der Waals surface area contributed by atoms with E-state index < -0.39 is 0 Å². The number of nitrogens with zero attached hydrogens (tertiary/aromatic N) is 1. The minimum absolute atomic E-state index is 0.198. The number of amides is 1. The Hall–Kier alpha value is -3.34. The van der Waals surface area contributed by atoms with Crippen LogP contribution < -0.4 is 15.4 Å². The number of hydrogen-bond donors (Lipinski definition) is 2. The molecule has 27 heavy (non-hydrogen) atoms. The number of carbonyl (C=O) groups is 1. The van der Waals surface area contributed by atoms with Crippen molar-refractivity contribution in [2.45, 2.75) is 20.0 Å². The summed E-state index contributed by atoms with van der Waals surface area (Å²) in [6, 6.07) is 19.5. The summed E-state index contributed by atoms with van der Waals surface area (Å²) in [6.07, 6.45) is 1.68. The first-order chi connectivity index (χ1) is 13.1. The molecule has 138 valence electrons. The average molecular weight is 361 g/mol. The van der Waals surface area contributed by atoms with Crippen LogP contribution in [0.25, 0.3) is 0 Å². The van der Waals surface area contributed by atoms with Crippen molar-refractivity contribution < 1.29 is 9.53 Å². The van der Waals surface area contributed by atoms with Crippen LogP contribution in [-0.2, 0) is 13.1 Å². The van der Waals surface area contributed by atoms with Gasteiger partial charge in [0.2, 0.25) is 0 Å². The molecule has 0 radical (unpaired) electrons. The second-order valence-corrected chi connectivity index (χ2v) is 6.30. The number of benzene rings is 2. The Morgan fingerprint density at radius 2 is 1.59 bits per heavy atom. The average Bonchev–Trinajstić information content (AvgIpc) is 2.72. The lowest BCUT2D eigenvalue weighted by molar-refractivity contribution is 0.0946. The second-order valence-electron chi connectivity index (χ2n) is 6.30. The third-order valence-corrected chi connectivity index (χ3v) is 4.23. The first kappa shape index (κ1) is 18.5. The van der Waals surface area contributed by atoms with E-state index in [1.807, 2.05) is 30.3 Å². The smallest absolute Gasteiger partial charge is 0.270 e. The van der Waals surface area contributed by atoms with Gasteiger partial charge in [-0.15, -0.1) is 0 Å². The third-order valence-electron chi connectivity index (χ3n) is 4.23.